The normalized spacial score (nSPS) is 10.5. The minimum Gasteiger partial charge on any atom is -0.507 e. The van der Waals surface area contributed by atoms with E-state index in [1.54, 1.807) is 6.07 Å². The summed E-state index contributed by atoms with van der Waals surface area (Å²) in [5, 5.41) is 28.3. The number of carboxylic acid groups (broad SMARTS) is 2. The molecule has 4 aromatic rings. The first kappa shape index (κ1) is 13.8. The lowest BCUT2D eigenvalue weighted by Gasteiger charge is -2.02. The molecule has 5 nitrogen and oxygen atoms in total. The van der Waals surface area contributed by atoms with Crippen molar-refractivity contribution in [3.63, 3.8) is 0 Å². The van der Waals surface area contributed by atoms with Crippen molar-refractivity contribution in [1.29, 1.82) is 0 Å². The number of nitrogens with one attached hydrogen (secondary N) is 1. The topological polar surface area (TPSA) is 93.6 Å². The highest BCUT2D eigenvalue weighted by Crippen LogP contribution is 2.35. The van der Waals surface area contributed by atoms with Crippen LogP contribution in [-0.2, 0) is 0 Å². The lowest BCUT2D eigenvalue weighted by atomic mass is 10.1. The van der Waals surface area contributed by atoms with Crippen molar-refractivity contribution in [3.8, 4) is 5.75 Å². The third-order valence-corrected chi connectivity index (χ3v) is 3.50. The Bertz CT molecular complexity index is 984. The van der Waals surface area contributed by atoms with Crippen LogP contribution in [0.1, 0.15) is 0 Å². The summed E-state index contributed by atoms with van der Waals surface area (Å²) in [6.45, 7) is 0. The van der Waals surface area contributed by atoms with Crippen LogP contribution in [0, 0.1) is 0 Å². The van der Waals surface area contributed by atoms with Gasteiger partial charge >= 0.3 is 6.16 Å². The van der Waals surface area contributed by atoms with Gasteiger partial charge in [0.15, 0.2) is 0 Å². The molecule has 5 heteroatoms. The second kappa shape index (κ2) is 5.29. The van der Waals surface area contributed by atoms with Gasteiger partial charge in [0.05, 0.1) is 5.52 Å². The Morgan fingerprint density at radius 2 is 1.59 bits per heavy atom. The van der Waals surface area contributed by atoms with Crippen LogP contribution in [0.25, 0.3) is 32.6 Å². The number of H-pyrrole nitrogens is 1. The van der Waals surface area contributed by atoms with E-state index in [2.05, 4.69) is 29.2 Å². The molecule has 1 aromatic heterocycles. The fraction of sp³-hybridized carbons (Fsp3) is 0. The van der Waals surface area contributed by atoms with Crippen molar-refractivity contribution >= 4 is 38.7 Å². The van der Waals surface area contributed by atoms with Gasteiger partial charge < -0.3 is 20.3 Å². The van der Waals surface area contributed by atoms with E-state index in [0.717, 1.165) is 27.2 Å². The number of hydrogen-bond donors (Lipinski definition) is 4. The van der Waals surface area contributed by atoms with Crippen molar-refractivity contribution in [3.05, 3.63) is 54.6 Å². The molecule has 110 valence electrons. The second-order valence-corrected chi connectivity index (χ2v) is 4.82. The molecule has 4 rings (SSSR count). The van der Waals surface area contributed by atoms with Crippen molar-refractivity contribution in [2.45, 2.75) is 0 Å². The molecule has 0 saturated carbocycles. The molecule has 0 unspecified atom stereocenters. The summed E-state index contributed by atoms with van der Waals surface area (Å²) in [5.74, 6) is 0.324. The number of hydrogen-bond acceptors (Lipinski definition) is 2. The highest BCUT2D eigenvalue weighted by Gasteiger charge is 2.09. The Kier molecular flexibility index (Phi) is 3.31. The first-order chi connectivity index (χ1) is 10.6. The minimum absolute atomic E-state index is 0.324. The van der Waals surface area contributed by atoms with E-state index in [1.165, 1.54) is 5.39 Å². The second-order valence-electron chi connectivity index (χ2n) is 4.82. The zero-order valence-corrected chi connectivity index (χ0v) is 11.4. The van der Waals surface area contributed by atoms with Gasteiger partial charge in [0.25, 0.3) is 0 Å². The number of fused-ring (bicyclic) bond motifs is 5. The van der Waals surface area contributed by atoms with Crippen molar-refractivity contribution in [1.82, 2.24) is 4.98 Å². The van der Waals surface area contributed by atoms with E-state index < -0.39 is 6.16 Å². The highest BCUT2D eigenvalue weighted by atomic mass is 16.6. The average molecular weight is 295 g/mol. The molecule has 0 atom stereocenters. The maximum Gasteiger partial charge on any atom is 0.503 e. The van der Waals surface area contributed by atoms with Crippen LogP contribution in [0.3, 0.4) is 0 Å². The molecule has 4 N–H and O–H groups in total. The van der Waals surface area contributed by atoms with Crippen LogP contribution in [0.5, 0.6) is 5.75 Å². The van der Waals surface area contributed by atoms with E-state index in [0.29, 0.717) is 5.75 Å². The lowest BCUT2D eigenvalue weighted by molar-refractivity contribution is 0.137. The molecule has 0 aliphatic heterocycles. The van der Waals surface area contributed by atoms with Gasteiger partial charge in [-0.25, -0.2) is 4.79 Å². The number of phenols is 1. The van der Waals surface area contributed by atoms with Crippen molar-refractivity contribution in [2.75, 3.05) is 0 Å². The standard InChI is InChI=1S/C16H11NO.CH2O3/c18-14-7-3-4-10-8-9-12-11-5-1-2-6-13(11)17-16(12)15(10)14;2-1(3)4/h1-9,17-18H;(H2,2,3,4). The zero-order chi connectivity index (χ0) is 15.7. The monoisotopic (exact) mass is 295 g/mol. The van der Waals surface area contributed by atoms with Crippen LogP contribution < -0.4 is 0 Å². The summed E-state index contributed by atoms with van der Waals surface area (Å²) >= 11 is 0. The minimum atomic E-state index is -1.83. The average Bonchev–Trinajstić information content (AvgIpc) is 2.85. The number of aromatic hydroxyl groups is 1. The quantitative estimate of drug-likeness (QED) is 0.387. The van der Waals surface area contributed by atoms with Gasteiger partial charge in [0.1, 0.15) is 5.75 Å². The van der Waals surface area contributed by atoms with Gasteiger partial charge in [0.2, 0.25) is 0 Å². The number of aromatic nitrogens is 1. The fourth-order valence-electron chi connectivity index (χ4n) is 2.68. The third-order valence-electron chi connectivity index (χ3n) is 3.50. The molecule has 3 aromatic carbocycles. The number of aromatic amines is 1. The number of phenolic OH excluding ortho intramolecular Hbond substituents is 1. The predicted octanol–water partition coefficient (Wildman–Crippen LogP) is 4.40. The number of benzene rings is 3. The smallest absolute Gasteiger partial charge is 0.503 e. The molecule has 0 spiro atoms. The molecule has 0 aliphatic rings. The van der Waals surface area contributed by atoms with Gasteiger partial charge in [-0.2, -0.15) is 0 Å². The molecule has 0 amide bonds. The largest absolute Gasteiger partial charge is 0.507 e. The summed E-state index contributed by atoms with van der Waals surface area (Å²) in [6, 6.07) is 18.0. The summed E-state index contributed by atoms with van der Waals surface area (Å²) in [7, 11) is 0. The van der Waals surface area contributed by atoms with E-state index in [1.807, 2.05) is 24.3 Å². The summed E-state index contributed by atoms with van der Waals surface area (Å²) in [6.07, 6.45) is -1.83. The maximum absolute atomic E-state index is 10.1. The zero-order valence-electron chi connectivity index (χ0n) is 11.4. The molecule has 22 heavy (non-hydrogen) atoms. The van der Waals surface area contributed by atoms with Gasteiger partial charge in [-0.3, -0.25) is 0 Å². The van der Waals surface area contributed by atoms with Gasteiger partial charge in [-0.05, 0) is 17.5 Å². The molecule has 0 bridgehead atoms. The van der Waals surface area contributed by atoms with Crippen LogP contribution in [0.2, 0.25) is 0 Å². The van der Waals surface area contributed by atoms with Gasteiger partial charge in [-0.15, -0.1) is 0 Å². The van der Waals surface area contributed by atoms with E-state index in [-0.39, 0.29) is 0 Å². The summed E-state index contributed by atoms with van der Waals surface area (Å²) < 4.78 is 0. The van der Waals surface area contributed by atoms with Crippen molar-refractivity contribution < 1.29 is 20.1 Å². The Morgan fingerprint density at radius 1 is 0.864 bits per heavy atom. The highest BCUT2D eigenvalue weighted by molar-refractivity contribution is 6.18. The van der Waals surface area contributed by atoms with Gasteiger partial charge in [0, 0.05) is 21.7 Å². The molecule has 0 fully saturated rings. The van der Waals surface area contributed by atoms with Crippen LogP contribution in [0.4, 0.5) is 4.79 Å². The first-order valence-electron chi connectivity index (χ1n) is 6.61. The number of rotatable bonds is 0. The Balaban J connectivity index is 0.000000325. The van der Waals surface area contributed by atoms with Crippen LogP contribution in [0.15, 0.2) is 54.6 Å². The predicted molar refractivity (Wildman–Crippen MR) is 85.6 cm³/mol. The van der Waals surface area contributed by atoms with Crippen LogP contribution >= 0.6 is 0 Å². The van der Waals surface area contributed by atoms with Crippen molar-refractivity contribution in [2.24, 2.45) is 0 Å². The molecule has 1 heterocycles. The first-order valence-corrected chi connectivity index (χ1v) is 6.61. The Labute approximate surface area is 125 Å². The maximum atomic E-state index is 10.1. The molecule has 0 aliphatic carbocycles. The van der Waals surface area contributed by atoms with E-state index in [4.69, 9.17) is 15.0 Å². The SMILES string of the molecule is O=C(O)O.Oc1cccc2ccc3c4ccccc4[nH]c3c12. The number of para-hydroxylation sites is 1. The fourth-order valence-corrected chi connectivity index (χ4v) is 2.68. The molecular formula is C17H13NO4. The molecule has 0 radical (unpaired) electrons. The Hall–Kier alpha value is -3.21. The van der Waals surface area contributed by atoms with E-state index >= 15 is 0 Å². The number of carbonyl (C=O) groups is 1. The van der Waals surface area contributed by atoms with Gasteiger partial charge in [-0.1, -0.05) is 42.5 Å². The summed E-state index contributed by atoms with van der Waals surface area (Å²) in [5.41, 5.74) is 2.11. The summed E-state index contributed by atoms with van der Waals surface area (Å²) in [4.78, 5) is 12.0. The Morgan fingerprint density at radius 3 is 2.36 bits per heavy atom. The molecular weight excluding hydrogens is 282 g/mol. The molecule has 0 saturated heterocycles. The van der Waals surface area contributed by atoms with E-state index in [9.17, 15) is 5.11 Å². The van der Waals surface area contributed by atoms with Crippen LogP contribution in [-0.4, -0.2) is 26.5 Å². The lowest BCUT2D eigenvalue weighted by Crippen LogP contribution is -1.81. The third kappa shape index (κ3) is 2.29.